The number of carbonyl (C=O) groups is 1. The minimum absolute atomic E-state index is 0.273. The zero-order chi connectivity index (χ0) is 21.5. The van der Waals surface area contributed by atoms with Gasteiger partial charge in [-0.3, -0.25) is 4.79 Å². The molecule has 7 heteroatoms. The first-order valence-electron chi connectivity index (χ1n) is 9.34. The van der Waals surface area contributed by atoms with E-state index in [-0.39, 0.29) is 5.91 Å². The molecule has 0 bridgehead atoms. The highest BCUT2D eigenvalue weighted by molar-refractivity contribution is 14.1. The molecule has 5 rings (SSSR count). The van der Waals surface area contributed by atoms with E-state index in [0.29, 0.717) is 33.3 Å². The van der Waals surface area contributed by atoms with Crippen LogP contribution in [0.1, 0.15) is 10.4 Å². The fourth-order valence-electron chi connectivity index (χ4n) is 3.45. The van der Waals surface area contributed by atoms with E-state index in [9.17, 15) is 4.79 Å². The lowest BCUT2D eigenvalue weighted by atomic mass is 10.0. The minimum atomic E-state index is -0.273. The van der Waals surface area contributed by atoms with Gasteiger partial charge < -0.3 is 9.73 Å². The lowest BCUT2D eigenvalue weighted by Crippen LogP contribution is -2.12. The third-order valence-corrected chi connectivity index (χ3v) is 6.61. The van der Waals surface area contributed by atoms with Gasteiger partial charge in [-0.1, -0.05) is 51.8 Å². The first-order chi connectivity index (χ1) is 15.0. The summed E-state index contributed by atoms with van der Waals surface area (Å²) in [6.45, 7) is 0. The number of halogens is 3. The Bertz CT molecular complexity index is 1480. The number of oxazole rings is 1. The van der Waals surface area contributed by atoms with Crippen LogP contribution in [0.15, 0.2) is 81.7 Å². The van der Waals surface area contributed by atoms with E-state index < -0.39 is 0 Å². The van der Waals surface area contributed by atoms with Crippen LogP contribution in [0.5, 0.6) is 0 Å². The van der Waals surface area contributed by atoms with Crippen LogP contribution in [0.25, 0.3) is 33.3 Å². The second-order valence-corrected chi connectivity index (χ2v) is 9.43. The Hall–Kier alpha value is -2.42. The van der Waals surface area contributed by atoms with Crippen molar-refractivity contribution in [2.75, 3.05) is 5.32 Å². The van der Waals surface area contributed by atoms with Crippen molar-refractivity contribution in [1.82, 2.24) is 4.98 Å². The molecule has 4 nitrogen and oxygen atoms in total. The molecule has 0 radical (unpaired) electrons. The Balaban J connectivity index is 1.51. The average molecular weight is 604 g/mol. The highest BCUT2D eigenvalue weighted by Crippen LogP contribution is 2.34. The number of benzene rings is 4. The number of nitrogens with one attached hydrogen (secondary N) is 1. The second-order valence-electron chi connectivity index (χ2n) is 6.92. The van der Waals surface area contributed by atoms with Crippen molar-refractivity contribution < 1.29 is 9.21 Å². The molecular formula is C24H13BrClIN2O2. The summed E-state index contributed by atoms with van der Waals surface area (Å²) >= 11 is 11.9. The molecule has 0 atom stereocenters. The predicted molar refractivity (Wildman–Crippen MR) is 137 cm³/mol. The van der Waals surface area contributed by atoms with Gasteiger partial charge in [0.15, 0.2) is 5.58 Å². The standard InChI is InChI=1S/C24H13BrClIN2O2/c25-19-6-2-3-15-16(19)4-1-5-17(15)24-29-21-12-14(8-10-22(21)31-24)28-23(30)18-11-13(27)7-9-20(18)26/h1-12H,(H,28,30). The van der Waals surface area contributed by atoms with Crippen molar-refractivity contribution >= 4 is 83.6 Å². The van der Waals surface area contributed by atoms with Crippen LogP contribution in [0, 0.1) is 3.57 Å². The van der Waals surface area contributed by atoms with E-state index in [0.717, 1.165) is 24.4 Å². The van der Waals surface area contributed by atoms with Gasteiger partial charge in [-0.25, -0.2) is 4.98 Å². The highest BCUT2D eigenvalue weighted by atomic mass is 127. The molecule has 1 aromatic heterocycles. The molecular weight excluding hydrogens is 591 g/mol. The van der Waals surface area contributed by atoms with Crippen LogP contribution < -0.4 is 5.32 Å². The molecule has 1 amide bonds. The van der Waals surface area contributed by atoms with Gasteiger partial charge in [0, 0.05) is 19.3 Å². The summed E-state index contributed by atoms with van der Waals surface area (Å²) < 4.78 is 7.97. The SMILES string of the molecule is O=C(Nc1ccc2oc(-c3cccc4c(Br)cccc34)nc2c1)c1cc(I)ccc1Cl. The van der Waals surface area contributed by atoms with Gasteiger partial charge in [-0.2, -0.15) is 0 Å². The summed E-state index contributed by atoms with van der Waals surface area (Å²) in [5, 5.41) is 5.43. The van der Waals surface area contributed by atoms with Crippen LogP contribution in [0.3, 0.4) is 0 Å². The van der Waals surface area contributed by atoms with Crippen molar-refractivity contribution in [1.29, 1.82) is 0 Å². The number of carbonyl (C=O) groups excluding carboxylic acids is 1. The molecule has 31 heavy (non-hydrogen) atoms. The number of fused-ring (bicyclic) bond motifs is 2. The van der Waals surface area contributed by atoms with Crippen LogP contribution in [0.4, 0.5) is 5.69 Å². The van der Waals surface area contributed by atoms with E-state index in [1.54, 1.807) is 30.3 Å². The monoisotopic (exact) mass is 602 g/mol. The van der Waals surface area contributed by atoms with Crippen molar-refractivity contribution in [2.45, 2.75) is 0 Å². The molecule has 5 aromatic rings. The number of hydrogen-bond acceptors (Lipinski definition) is 3. The van der Waals surface area contributed by atoms with Crippen molar-refractivity contribution in [3.05, 3.63) is 91.4 Å². The first-order valence-corrected chi connectivity index (χ1v) is 11.6. The average Bonchev–Trinajstić information content (AvgIpc) is 3.18. The fraction of sp³-hybridized carbons (Fsp3) is 0. The summed E-state index contributed by atoms with van der Waals surface area (Å²) in [5.74, 6) is 0.258. The third-order valence-electron chi connectivity index (χ3n) is 4.92. The maximum absolute atomic E-state index is 12.7. The van der Waals surface area contributed by atoms with Crippen molar-refractivity contribution in [2.24, 2.45) is 0 Å². The van der Waals surface area contributed by atoms with E-state index >= 15 is 0 Å². The molecule has 4 aromatic carbocycles. The molecule has 0 saturated heterocycles. The topological polar surface area (TPSA) is 55.1 Å². The van der Waals surface area contributed by atoms with Crippen molar-refractivity contribution in [3.8, 4) is 11.5 Å². The summed E-state index contributed by atoms with van der Waals surface area (Å²) in [6.07, 6.45) is 0. The molecule has 152 valence electrons. The van der Waals surface area contributed by atoms with E-state index in [1.807, 2.05) is 36.4 Å². The Morgan fingerprint density at radius 1 is 1.00 bits per heavy atom. The van der Waals surface area contributed by atoms with E-state index in [2.05, 4.69) is 54.9 Å². The van der Waals surface area contributed by atoms with Gasteiger partial charge in [0.1, 0.15) is 5.52 Å². The van der Waals surface area contributed by atoms with E-state index in [1.165, 1.54) is 0 Å². The van der Waals surface area contributed by atoms with Crippen LogP contribution in [-0.4, -0.2) is 10.9 Å². The normalized spacial score (nSPS) is 11.2. The molecule has 1 N–H and O–H groups in total. The van der Waals surface area contributed by atoms with Gasteiger partial charge in [-0.05, 0) is 81.9 Å². The lowest BCUT2D eigenvalue weighted by molar-refractivity contribution is 0.102. The number of aromatic nitrogens is 1. The Morgan fingerprint density at radius 3 is 2.68 bits per heavy atom. The summed E-state index contributed by atoms with van der Waals surface area (Å²) in [6, 6.07) is 22.8. The van der Waals surface area contributed by atoms with Gasteiger partial charge in [0.25, 0.3) is 5.91 Å². The Labute approximate surface area is 204 Å². The number of amides is 1. The molecule has 0 aliphatic rings. The third kappa shape index (κ3) is 3.95. The van der Waals surface area contributed by atoms with Gasteiger partial charge >= 0.3 is 0 Å². The predicted octanol–water partition coefficient (Wildman–Crippen LogP) is 7.92. The molecule has 0 aliphatic carbocycles. The quantitative estimate of drug-likeness (QED) is 0.213. The summed E-state index contributed by atoms with van der Waals surface area (Å²) in [7, 11) is 0. The molecule has 0 unspecified atom stereocenters. The number of nitrogens with zero attached hydrogens (tertiary/aromatic N) is 1. The fourth-order valence-corrected chi connectivity index (χ4v) is 4.64. The molecule has 0 saturated carbocycles. The Morgan fingerprint density at radius 2 is 1.81 bits per heavy atom. The molecule has 1 heterocycles. The minimum Gasteiger partial charge on any atom is -0.436 e. The Kier molecular flexibility index (Phi) is 5.45. The van der Waals surface area contributed by atoms with Crippen LogP contribution in [0.2, 0.25) is 5.02 Å². The first kappa shape index (κ1) is 20.5. The number of hydrogen-bond donors (Lipinski definition) is 1. The maximum Gasteiger partial charge on any atom is 0.257 e. The zero-order valence-corrected chi connectivity index (χ0v) is 20.3. The van der Waals surface area contributed by atoms with E-state index in [4.69, 9.17) is 16.0 Å². The maximum atomic E-state index is 12.7. The number of rotatable bonds is 3. The van der Waals surface area contributed by atoms with Gasteiger partial charge in [0.05, 0.1) is 10.6 Å². The zero-order valence-electron chi connectivity index (χ0n) is 15.8. The van der Waals surface area contributed by atoms with Crippen molar-refractivity contribution in [3.63, 3.8) is 0 Å². The van der Waals surface area contributed by atoms with Crippen LogP contribution in [-0.2, 0) is 0 Å². The molecule has 0 fully saturated rings. The smallest absolute Gasteiger partial charge is 0.257 e. The number of anilines is 1. The largest absolute Gasteiger partial charge is 0.436 e. The van der Waals surface area contributed by atoms with Gasteiger partial charge in [0.2, 0.25) is 5.89 Å². The van der Waals surface area contributed by atoms with Crippen LogP contribution >= 0.6 is 50.1 Å². The van der Waals surface area contributed by atoms with Gasteiger partial charge in [-0.15, -0.1) is 0 Å². The summed E-state index contributed by atoms with van der Waals surface area (Å²) in [5.41, 5.74) is 3.26. The molecule has 0 aliphatic heterocycles. The highest BCUT2D eigenvalue weighted by Gasteiger charge is 2.15. The lowest BCUT2D eigenvalue weighted by Gasteiger charge is -2.07. The molecule has 0 spiro atoms. The second kappa shape index (κ2) is 8.26. The summed E-state index contributed by atoms with van der Waals surface area (Å²) in [4.78, 5) is 17.4.